The van der Waals surface area contributed by atoms with E-state index in [1.54, 1.807) is 0 Å². The third kappa shape index (κ3) is 4.67. The van der Waals surface area contributed by atoms with Crippen LogP contribution in [0.15, 0.2) is 12.3 Å². The highest BCUT2D eigenvalue weighted by atomic mass is 32.2. The summed E-state index contributed by atoms with van der Waals surface area (Å²) in [5, 5.41) is 3.54. The van der Waals surface area contributed by atoms with Crippen molar-refractivity contribution < 1.29 is 0 Å². The lowest BCUT2D eigenvalue weighted by Crippen LogP contribution is -2.28. The molecule has 1 aliphatic rings. The van der Waals surface area contributed by atoms with Gasteiger partial charge in [-0.05, 0) is 37.6 Å². The first-order valence-electron chi connectivity index (χ1n) is 7.65. The molecule has 1 aliphatic heterocycles. The van der Waals surface area contributed by atoms with Gasteiger partial charge in [-0.1, -0.05) is 13.8 Å². The number of thioether (sulfide) groups is 1. The number of pyridine rings is 1. The molecule has 0 radical (unpaired) electrons. The highest BCUT2D eigenvalue weighted by Crippen LogP contribution is 2.24. The van der Waals surface area contributed by atoms with Gasteiger partial charge in [0.2, 0.25) is 0 Å². The van der Waals surface area contributed by atoms with Gasteiger partial charge in [-0.2, -0.15) is 11.8 Å². The Balaban J connectivity index is 2.09. The van der Waals surface area contributed by atoms with Crippen molar-refractivity contribution in [3.63, 3.8) is 0 Å². The molecule has 112 valence electrons. The fourth-order valence-electron chi connectivity index (χ4n) is 2.49. The van der Waals surface area contributed by atoms with E-state index >= 15 is 0 Å². The predicted molar refractivity (Wildman–Crippen MR) is 89.7 cm³/mol. The molecule has 0 spiro atoms. The van der Waals surface area contributed by atoms with E-state index in [-0.39, 0.29) is 0 Å². The molecule has 20 heavy (non-hydrogen) atoms. The van der Waals surface area contributed by atoms with E-state index in [9.17, 15) is 0 Å². The first-order valence-corrected chi connectivity index (χ1v) is 8.81. The van der Waals surface area contributed by atoms with E-state index in [0.717, 1.165) is 25.3 Å². The van der Waals surface area contributed by atoms with E-state index in [0.29, 0.717) is 5.92 Å². The maximum atomic E-state index is 4.48. The Kier molecular flexibility index (Phi) is 6.17. The fraction of sp³-hybridized carbons (Fsp3) is 0.688. The van der Waals surface area contributed by atoms with Crippen molar-refractivity contribution in [3.05, 3.63) is 23.5 Å². The average molecular weight is 293 g/mol. The molecular weight excluding hydrogens is 266 g/mol. The quantitative estimate of drug-likeness (QED) is 0.903. The van der Waals surface area contributed by atoms with E-state index in [2.05, 4.69) is 60.0 Å². The van der Waals surface area contributed by atoms with Crippen molar-refractivity contribution in [1.29, 1.82) is 0 Å². The average Bonchev–Trinajstić information content (AvgIpc) is 2.69. The van der Waals surface area contributed by atoms with Gasteiger partial charge in [0.05, 0.1) is 0 Å². The van der Waals surface area contributed by atoms with Crippen LogP contribution in [0, 0.1) is 12.8 Å². The lowest BCUT2D eigenvalue weighted by atomic mass is 10.1. The molecule has 0 amide bonds. The fourth-order valence-corrected chi connectivity index (χ4v) is 3.37. The van der Waals surface area contributed by atoms with Crippen LogP contribution in [0.5, 0.6) is 0 Å². The Labute approximate surface area is 127 Å². The number of nitrogens with zero attached hydrogens (tertiary/aromatic N) is 2. The maximum Gasteiger partial charge on any atom is 0.0445 e. The molecule has 0 atom stereocenters. The largest absolute Gasteiger partial charge is 0.370 e. The summed E-state index contributed by atoms with van der Waals surface area (Å²) in [7, 11) is 0. The van der Waals surface area contributed by atoms with Crippen molar-refractivity contribution in [2.75, 3.05) is 36.0 Å². The second-order valence-electron chi connectivity index (χ2n) is 5.93. The minimum atomic E-state index is 0.687. The molecule has 1 aromatic rings. The van der Waals surface area contributed by atoms with Gasteiger partial charge in [0.1, 0.15) is 0 Å². The Hall–Kier alpha value is -0.740. The standard InChI is InChI=1S/C16H27N3S/c1-13(2)10-17-11-15-12-18-14(3)9-16(15)19-5-4-7-20-8-6-19/h9,12-13,17H,4-8,10-11H2,1-3H3. The highest BCUT2D eigenvalue weighted by Gasteiger charge is 2.14. The molecule has 2 rings (SSSR count). The van der Waals surface area contributed by atoms with Crippen LogP contribution in [-0.4, -0.2) is 36.1 Å². The van der Waals surface area contributed by atoms with Crippen molar-refractivity contribution >= 4 is 17.4 Å². The maximum absolute atomic E-state index is 4.48. The second kappa shape index (κ2) is 7.89. The van der Waals surface area contributed by atoms with Gasteiger partial charge in [0, 0.05) is 48.5 Å². The second-order valence-corrected chi connectivity index (χ2v) is 7.16. The number of aryl methyl sites for hydroxylation is 1. The lowest BCUT2D eigenvalue weighted by Gasteiger charge is -2.25. The topological polar surface area (TPSA) is 28.2 Å². The summed E-state index contributed by atoms with van der Waals surface area (Å²) in [5.41, 5.74) is 3.84. The molecule has 1 fully saturated rings. The Bertz CT molecular complexity index is 412. The number of anilines is 1. The van der Waals surface area contributed by atoms with Crippen LogP contribution in [0.4, 0.5) is 5.69 Å². The van der Waals surface area contributed by atoms with Crippen LogP contribution in [-0.2, 0) is 6.54 Å². The molecule has 0 unspecified atom stereocenters. The Morgan fingerprint density at radius 3 is 3.00 bits per heavy atom. The van der Waals surface area contributed by atoms with Crippen LogP contribution in [0.2, 0.25) is 0 Å². The molecule has 4 heteroatoms. The van der Waals surface area contributed by atoms with Crippen molar-refractivity contribution in [2.24, 2.45) is 5.92 Å². The summed E-state index contributed by atoms with van der Waals surface area (Å²) >= 11 is 2.07. The zero-order valence-electron chi connectivity index (χ0n) is 13.0. The van der Waals surface area contributed by atoms with Gasteiger partial charge >= 0.3 is 0 Å². The van der Waals surface area contributed by atoms with Gasteiger partial charge in [0.25, 0.3) is 0 Å². The molecule has 0 saturated carbocycles. The van der Waals surface area contributed by atoms with E-state index in [1.165, 1.54) is 35.7 Å². The summed E-state index contributed by atoms with van der Waals surface area (Å²) in [4.78, 5) is 7.03. The molecule has 0 bridgehead atoms. The SMILES string of the molecule is Cc1cc(N2CCCSCC2)c(CNCC(C)C)cn1. The summed E-state index contributed by atoms with van der Waals surface area (Å²) in [6.07, 6.45) is 3.33. The number of rotatable bonds is 5. The number of hydrogen-bond acceptors (Lipinski definition) is 4. The van der Waals surface area contributed by atoms with E-state index in [4.69, 9.17) is 0 Å². The first kappa shape index (κ1) is 15.6. The van der Waals surface area contributed by atoms with Crippen LogP contribution < -0.4 is 10.2 Å². The first-order chi connectivity index (χ1) is 9.66. The van der Waals surface area contributed by atoms with Crippen molar-refractivity contribution in [1.82, 2.24) is 10.3 Å². The van der Waals surface area contributed by atoms with Crippen LogP contribution in [0.1, 0.15) is 31.5 Å². The Morgan fingerprint density at radius 1 is 1.35 bits per heavy atom. The number of aromatic nitrogens is 1. The lowest BCUT2D eigenvalue weighted by molar-refractivity contribution is 0.551. The third-order valence-corrected chi connectivity index (χ3v) is 4.58. The van der Waals surface area contributed by atoms with Gasteiger partial charge in [-0.3, -0.25) is 4.98 Å². The minimum absolute atomic E-state index is 0.687. The molecule has 1 aromatic heterocycles. The molecule has 1 saturated heterocycles. The van der Waals surface area contributed by atoms with Crippen LogP contribution in [0.25, 0.3) is 0 Å². The molecular formula is C16H27N3S. The van der Waals surface area contributed by atoms with Crippen LogP contribution in [0.3, 0.4) is 0 Å². The van der Waals surface area contributed by atoms with E-state index in [1.807, 2.05) is 0 Å². The molecule has 2 heterocycles. The van der Waals surface area contributed by atoms with Gasteiger partial charge in [-0.15, -0.1) is 0 Å². The summed E-state index contributed by atoms with van der Waals surface area (Å²) in [5.74, 6) is 3.22. The number of hydrogen-bond donors (Lipinski definition) is 1. The monoisotopic (exact) mass is 293 g/mol. The number of nitrogens with one attached hydrogen (secondary N) is 1. The highest BCUT2D eigenvalue weighted by molar-refractivity contribution is 7.99. The van der Waals surface area contributed by atoms with Gasteiger partial charge in [-0.25, -0.2) is 0 Å². The van der Waals surface area contributed by atoms with Gasteiger partial charge < -0.3 is 10.2 Å². The Morgan fingerprint density at radius 2 is 2.20 bits per heavy atom. The smallest absolute Gasteiger partial charge is 0.0445 e. The molecule has 0 aromatic carbocycles. The summed E-state index contributed by atoms with van der Waals surface area (Å²) < 4.78 is 0. The van der Waals surface area contributed by atoms with E-state index < -0.39 is 0 Å². The molecule has 3 nitrogen and oxygen atoms in total. The zero-order valence-corrected chi connectivity index (χ0v) is 13.8. The minimum Gasteiger partial charge on any atom is -0.370 e. The van der Waals surface area contributed by atoms with Crippen molar-refractivity contribution in [2.45, 2.75) is 33.7 Å². The molecule has 0 aliphatic carbocycles. The summed E-state index contributed by atoms with van der Waals surface area (Å²) in [6, 6.07) is 2.25. The van der Waals surface area contributed by atoms with Gasteiger partial charge in [0.15, 0.2) is 0 Å². The normalized spacial score (nSPS) is 16.5. The predicted octanol–water partition coefficient (Wildman–Crippen LogP) is 3.08. The van der Waals surface area contributed by atoms with Crippen LogP contribution >= 0.6 is 11.8 Å². The van der Waals surface area contributed by atoms with Crippen molar-refractivity contribution in [3.8, 4) is 0 Å². The summed E-state index contributed by atoms with van der Waals surface area (Å²) in [6.45, 7) is 10.9. The zero-order chi connectivity index (χ0) is 14.4. The third-order valence-electron chi connectivity index (χ3n) is 3.53. The molecule has 1 N–H and O–H groups in total.